The fourth-order valence-electron chi connectivity index (χ4n) is 0.650. The molecule has 1 aromatic heterocycles. The summed E-state index contributed by atoms with van der Waals surface area (Å²) in [6.45, 7) is 5.62. The van der Waals surface area contributed by atoms with E-state index >= 15 is 0 Å². The Hall–Kier alpha value is -1.09. The maximum atomic E-state index is 9.06. The van der Waals surface area contributed by atoms with Gasteiger partial charge in [0.05, 0.1) is 12.3 Å². The van der Waals surface area contributed by atoms with Crippen LogP contribution in [0.15, 0.2) is 12.3 Å². The lowest BCUT2D eigenvalue weighted by Gasteiger charge is -1.98. The van der Waals surface area contributed by atoms with E-state index in [2.05, 4.69) is 4.98 Å². The highest BCUT2D eigenvalue weighted by Gasteiger charge is 1.96. The van der Waals surface area contributed by atoms with Crippen molar-refractivity contribution >= 4 is 0 Å². The lowest BCUT2D eigenvalue weighted by atomic mass is 10.2. The van der Waals surface area contributed by atoms with Crippen LogP contribution in [0.5, 0.6) is 5.75 Å². The van der Waals surface area contributed by atoms with Crippen molar-refractivity contribution in [3.8, 4) is 5.75 Å². The molecular weight excluding hydrogens is 154 g/mol. The van der Waals surface area contributed by atoms with E-state index in [1.54, 1.807) is 6.92 Å². The van der Waals surface area contributed by atoms with E-state index in [0.29, 0.717) is 11.3 Å². The molecule has 1 heterocycles. The first-order valence-electron chi connectivity index (χ1n) is 3.99. The van der Waals surface area contributed by atoms with Gasteiger partial charge in [0, 0.05) is 6.20 Å². The molecule has 12 heavy (non-hydrogen) atoms. The van der Waals surface area contributed by atoms with Gasteiger partial charge in [-0.05, 0) is 18.6 Å². The number of aromatic nitrogens is 1. The zero-order valence-electron chi connectivity index (χ0n) is 7.70. The third-order valence-electron chi connectivity index (χ3n) is 1.30. The maximum absolute atomic E-state index is 9.06. The van der Waals surface area contributed by atoms with Gasteiger partial charge >= 0.3 is 0 Å². The van der Waals surface area contributed by atoms with Crippen molar-refractivity contribution in [3.63, 3.8) is 0 Å². The normalized spacial score (nSPS) is 8.67. The highest BCUT2D eigenvalue weighted by molar-refractivity contribution is 5.28. The number of pyridine rings is 1. The van der Waals surface area contributed by atoms with Gasteiger partial charge in [-0.2, -0.15) is 0 Å². The zero-order chi connectivity index (χ0) is 9.56. The molecule has 0 aliphatic carbocycles. The first-order chi connectivity index (χ1) is 5.74. The van der Waals surface area contributed by atoms with E-state index in [-0.39, 0.29) is 12.4 Å². The molecule has 0 aliphatic rings. The highest BCUT2D eigenvalue weighted by Crippen LogP contribution is 2.13. The van der Waals surface area contributed by atoms with Crippen LogP contribution in [0.25, 0.3) is 0 Å². The molecule has 1 rings (SSSR count). The van der Waals surface area contributed by atoms with Crippen LogP contribution in [-0.2, 0) is 6.61 Å². The number of rotatable bonds is 1. The minimum atomic E-state index is -0.0825. The third-order valence-corrected chi connectivity index (χ3v) is 1.30. The summed E-state index contributed by atoms with van der Waals surface area (Å²) < 4.78 is 0. The summed E-state index contributed by atoms with van der Waals surface area (Å²) in [7, 11) is 0. The van der Waals surface area contributed by atoms with Crippen LogP contribution < -0.4 is 0 Å². The molecule has 68 valence electrons. The molecular formula is C9H15NO2. The quantitative estimate of drug-likeness (QED) is 0.671. The van der Waals surface area contributed by atoms with E-state index in [9.17, 15) is 0 Å². The predicted octanol–water partition coefficient (Wildman–Crippen LogP) is 1.61. The number of aromatic hydroxyl groups is 1. The van der Waals surface area contributed by atoms with Crippen LogP contribution in [0.4, 0.5) is 0 Å². The largest absolute Gasteiger partial charge is 0.506 e. The SMILES string of the molecule is CC.Cc1ncc(CO)cc1O. The molecule has 2 N–H and O–H groups in total. The maximum Gasteiger partial charge on any atom is 0.137 e. The van der Waals surface area contributed by atoms with Gasteiger partial charge in [0.15, 0.2) is 0 Å². The Kier molecular flexibility index (Phi) is 5.04. The van der Waals surface area contributed by atoms with Crippen molar-refractivity contribution in [2.45, 2.75) is 27.4 Å². The van der Waals surface area contributed by atoms with Gasteiger partial charge in [-0.25, -0.2) is 0 Å². The number of aliphatic hydroxyl groups is 1. The monoisotopic (exact) mass is 169 g/mol. The van der Waals surface area contributed by atoms with Crippen LogP contribution in [0, 0.1) is 6.92 Å². The smallest absolute Gasteiger partial charge is 0.137 e. The minimum Gasteiger partial charge on any atom is -0.506 e. The van der Waals surface area contributed by atoms with Gasteiger partial charge in [-0.3, -0.25) is 4.98 Å². The van der Waals surface area contributed by atoms with E-state index in [0.717, 1.165) is 0 Å². The molecule has 0 fully saturated rings. The van der Waals surface area contributed by atoms with Crippen LogP contribution in [0.3, 0.4) is 0 Å². The minimum absolute atomic E-state index is 0.0825. The molecule has 0 aromatic carbocycles. The molecule has 0 unspecified atom stereocenters. The average molecular weight is 169 g/mol. The van der Waals surface area contributed by atoms with Crippen molar-refractivity contribution in [2.24, 2.45) is 0 Å². The Morgan fingerprint density at radius 3 is 2.42 bits per heavy atom. The number of aliphatic hydroxyl groups excluding tert-OH is 1. The molecule has 0 aliphatic heterocycles. The average Bonchev–Trinajstić information content (AvgIpc) is 2.13. The molecule has 1 aromatic rings. The van der Waals surface area contributed by atoms with E-state index in [1.807, 2.05) is 13.8 Å². The third kappa shape index (κ3) is 2.88. The van der Waals surface area contributed by atoms with Gasteiger partial charge in [0.2, 0.25) is 0 Å². The van der Waals surface area contributed by atoms with Gasteiger partial charge in [-0.15, -0.1) is 0 Å². The highest BCUT2D eigenvalue weighted by atomic mass is 16.3. The summed E-state index contributed by atoms with van der Waals surface area (Å²) in [6.07, 6.45) is 1.54. The Morgan fingerprint density at radius 2 is 2.00 bits per heavy atom. The fraction of sp³-hybridized carbons (Fsp3) is 0.444. The second-order valence-electron chi connectivity index (χ2n) is 2.11. The second-order valence-corrected chi connectivity index (χ2v) is 2.11. The van der Waals surface area contributed by atoms with Gasteiger partial charge in [0.1, 0.15) is 5.75 Å². The summed E-state index contributed by atoms with van der Waals surface area (Å²) in [6, 6.07) is 1.50. The van der Waals surface area contributed by atoms with Crippen molar-refractivity contribution < 1.29 is 10.2 Å². The van der Waals surface area contributed by atoms with Crippen LogP contribution in [-0.4, -0.2) is 15.2 Å². The number of nitrogens with zero attached hydrogens (tertiary/aromatic N) is 1. The topological polar surface area (TPSA) is 53.4 Å². The van der Waals surface area contributed by atoms with Crippen molar-refractivity contribution in [2.75, 3.05) is 0 Å². The standard InChI is InChI=1S/C7H9NO2.C2H6/c1-5-7(10)2-6(4-9)3-8-5;1-2/h2-3,9-10H,4H2,1H3;1-2H3. The molecule has 0 amide bonds. The van der Waals surface area contributed by atoms with Crippen molar-refractivity contribution in [1.29, 1.82) is 0 Å². The summed E-state index contributed by atoms with van der Waals surface area (Å²) in [4.78, 5) is 3.84. The Labute approximate surface area is 72.7 Å². The molecule has 0 saturated heterocycles. The first kappa shape index (κ1) is 10.9. The van der Waals surface area contributed by atoms with Gasteiger partial charge in [0.25, 0.3) is 0 Å². The van der Waals surface area contributed by atoms with Crippen LogP contribution >= 0.6 is 0 Å². The molecule has 0 radical (unpaired) electrons. The predicted molar refractivity (Wildman–Crippen MR) is 47.9 cm³/mol. The van der Waals surface area contributed by atoms with E-state index in [4.69, 9.17) is 10.2 Å². The number of aryl methyl sites for hydroxylation is 1. The summed E-state index contributed by atoms with van der Waals surface area (Å²) in [5.41, 5.74) is 1.21. The summed E-state index contributed by atoms with van der Waals surface area (Å²) in [5.74, 6) is 0.131. The molecule has 0 atom stereocenters. The first-order valence-corrected chi connectivity index (χ1v) is 3.99. The molecule has 0 spiro atoms. The molecule has 3 nitrogen and oxygen atoms in total. The Balaban J connectivity index is 0.000000561. The van der Waals surface area contributed by atoms with Gasteiger partial charge < -0.3 is 10.2 Å². The van der Waals surface area contributed by atoms with Crippen LogP contribution in [0.2, 0.25) is 0 Å². The van der Waals surface area contributed by atoms with E-state index in [1.165, 1.54) is 12.3 Å². The Morgan fingerprint density at radius 1 is 1.42 bits per heavy atom. The van der Waals surface area contributed by atoms with E-state index < -0.39 is 0 Å². The Bertz CT molecular complexity index is 236. The molecule has 0 bridgehead atoms. The zero-order valence-corrected chi connectivity index (χ0v) is 7.70. The fourth-order valence-corrected chi connectivity index (χ4v) is 0.650. The summed E-state index contributed by atoms with van der Waals surface area (Å²) >= 11 is 0. The van der Waals surface area contributed by atoms with Crippen molar-refractivity contribution in [1.82, 2.24) is 4.98 Å². The lowest BCUT2D eigenvalue weighted by Crippen LogP contribution is -1.87. The van der Waals surface area contributed by atoms with Gasteiger partial charge in [-0.1, -0.05) is 13.8 Å². The lowest BCUT2D eigenvalue weighted by molar-refractivity contribution is 0.280. The van der Waals surface area contributed by atoms with Crippen molar-refractivity contribution in [3.05, 3.63) is 23.5 Å². The number of hydrogen-bond donors (Lipinski definition) is 2. The summed E-state index contributed by atoms with van der Waals surface area (Å²) in [5, 5.41) is 17.7. The second kappa shape index (κ2) is 5.55. The molecule has 3 heteroatoms. The number of hydrogen-bond acceptors (Lipinski definition) is 3. The van der Waals surface area contributed by atoms with Crippen LogP contribution in [0.1, 0.15) is 25.1 Å². The molecule has 0 saturated carbocycles.